The monoisotopic (exact) mass is 184 g/mol. The Labute approximate surface area is 72.3 Å². The molecule has 0 aliphatic heterocycles. The van der Waals surface area contributed by atoms with Gasteiger partial charge in [0.1, 0.15) is 5.25 Å². The molecule has 0 saturated carbocycles. The first-order valence-electron chi connectivity index (χ1n) is 3.41. The van der Waals surface area contributed by atoms with Gasteiger partial charge in [-0.25, -0.2) is 13.6 Å². The molecular weight excluding hydrogens is 174 g/mol. The largest absolute Gasteiger partial charge is 0.228 e. The highest BCUT2D eigenvalue weighted by Crippen LogP contribution is 2.17. The fourth-order valence-corrected chi connectivity index (χ4v) is 1.39. The molecule has 1 atom stereocenters. The summed E-state index contributed by atoms with van der Waals surface area (Å²) in [5, 5.41) is 4.04. The van der Waals surface area contributed by atoms with E-state index in [1.807, 2.05) is 0 Å². The molecule has 0 fully saturated rings. The lowest BCUT2D eigenvalue weighted by Crippen LogP contribution is -2.19. The number of sulfonamides is 1. The molecule has 4 heteroatoms. The summed E-state index contributed by atoms with van der Waals surface area (Å²) in [6, 6.07) is 8.67. The van der Waals surface area contributed by atoms with Crippen molar-refractivity contribution in [2.24, 2.45) is 5.14 Å². The van der Waals surface area contributed by atoms with E-state index in [-0.39, 0.29) is 0 Å². The van der Waals surface area contributed by atoms with Crippen LogP contribution in [0.1, 0.15) is 10.8 Å². The third kappa shape index (κ3) is 2.06. The molecule has 1 rings (SSSR count). The second-order valence-corrected chi connectivity index (χ2v) is 4.24. The summed E-state index contributed by atoms with van der Waals surface area (Å²) in [4.78, 5) is 0. The Morgan fingerprint density at radius 3 is 2.17 bits per heavy atom. The highest BCUT2D eigenvalue weighted by molar-refractivity contribution is 7.89. The Morgan fingerprint density at radius 2 is 1.75 bits per heavy atom. The zero-order valence-electron chi connectivity index (χ0n) is 6.47. The van der Waals surface area contributed by atoms with Crippen molar-refractivity contribution in [2.75, 3.05) is 0 Å². The van der Waals surface area contributed by atoms with E-state index >= 15 is 0 Å². The molecule has 0 saturated heterocycles. The minimum absolute atomic E-state index is 0.611. The van der Waals surface area contributed by atoms with Crippen molar-refractivity contribution < 1.29 is 8.42 Å². The van der Waals surface area contributed by atoms with Gasteiger partial charge in [-0.1, -0.05) is 30.3 Å². The van der Waals surface area contributed by atoms with Crippen molar-refractivity contribution in [3.63, 3.8) is 0 Å². The average Bonchev–Trinajstić information content (AvgIpc) is 2.03. The van der Waals surface area contributed by atoms with Crippen molar-refractivity contribution in [2.45, 2.75) is 5.25 Å². The quantitative estimate of drug-likeness (QED) is 0.740. The summed E-state index contributed by atoms with van der Waals surface area (Å²) in [6.07, 6.45) is 0. The van der Waals surface area contributed by atoms with E-state index in [4.69, 9.17) is 5.14 Å². The Bertz CT molecular complexity index is 345. The zero-order chi connectivity index (χ0) is 9.19. The van der Waals surface area contributed by atoms with Gasteiger partial charge in [0.25, 0.3) is 0 Å². The van der Waals surface area contributed by atoms with Crippen LogP contribution in [0.3, 0.4) is 0 Å². The summed E-state index contributed by atoms with van der Waals surface area (Å²) >= 11 is 0. The summed E-state index contributed by atoms with van der Waals surface area (Å²) in [6.45, 7) is 3.47. The molecule has 12 heavy (non-hydrogen) atoms. The maximum absolute atomic E-state index is 10.8. The van der Waals surface area contributed by atoms with Gasteiger partial charge in [0.05, 0.1) is 0 Å². The molecule has 2 N–H and O–H groups in total. The number of nitrogens with two attached hydrogens (primary N) is 1. The SMILES string of the molecule is [CH2]C(c1ccccc1)S(N)(=O)=O. The first kappa shape index (κ1) is 9.22. The summed E-state index contributed by atoms with van der Waals surface area (Å²) in [5.74, 6) is 0. The highest BCUT2D eigenvalue weighted by Gasteiger charge is 2.16. The van der Waals surface area contributed by atoms with E-state index in [0.717, 1.165) is 0 Å². The number of rotatable bonds is 2. The van der Waals surface area contributed by atoms with Gasteiger partial charge in [-0.3, -0.25) is 0 Å². The molecule has 3 nitrogen and oxygen atoms in total. The Kier molecular flexibility index (Phi) is 2.49. The van der Waals surface area contributed by atoms with Crippen LogP contribution < -0.4 is 5.14 Å². The van der Waals surface area contributed by atoms with E-state index in [0.29, 0.717) is 5.56 Å². The van der Waals surface area contributed by atoms with E-state index in [1.54, 1.807) is 30.3 Å². The molecule has 1 unspecified atom stereocenters. The van der Waals surface area contributed by atoms with E-state index in [2.05, 4.69) is 6.92 Å². The standard InChI is InChI=1S/C8H10NO2S/c1-7(12(9,10)11)8-5-3-2-4-6-8/h2-7H,1H2,(H2,9,10,11). The number of hydrogen-bond acceptors (Lipinski definition) is 2. The highest BCUT2D eigenvalue weighted by atomic mass is 32.2. The number of primary sulfonamides is 1. The van der Waals surface area contributed by atoms with Crippen molar-refractivity contribution >= 4 is 10.0 Å². The van der Waals surface area contributed by atoms with Gasteiger partial charge in [0, 0.05) is 0 Å². The van der Waals surface area contributed by atoms with Gasteiger partial charge in [0.15, 0.2) is 0 Å². The van der Waals surface area contributed by atoms with Crippen molar-refractivity contribution in [3.05, 3.63) is 42.8 Å². The van der Waals surface area contributed by atoms with Crippen LogP contribution >= 0.6 is 0 Å². The lowest BCUT2D eigenvalue weighted by atomic mass is 10.2. The van der Waals surface area contributed by atoms with Crippen molar-refractivity contribution in [1.29, 1.82) is 0 Å². The third-order valence-corrected chi connectivity index (χ3v) is 2.63. The second kappa shape index (κ2) is 3.25. The summed E-state index contributed by atoms with van der Waals surface area (Å²) in [5.41, 5.74) is 0.611. The molecule has 0 amide bonds. The van der Waals surface area contributed by atoms with Crippen LogP contribution in [0.5, 0.6) is 0 Å². The zero-order valence-corrected chi connectivity index (χ0v) is 7.29. The van der Waals surface area contributed by atoms with E-state index < -0.39 is 15.3 Å². The average molecular weight is 184 g/mol. The topological polar surface area (TPSA) is 60.2 Å². The van der Waals surface area contributed by atoms with Gasteiger partial charge in [-0.05, 0) is 12.5 Å². The van der Waals surface area contributed by atoms with Crippen molar-refractivity contribution in [3.8, 4) is 0 Å². The minimum atomic E-state index is -3.57. The summed E-state index contributed by atoms with van der Waals surface area (Å²) in [7, 11) is -3.57. The van der Waals surface area contributed by atoms with E-state index in [9.17, 15) is 8.42 Å². The molecule has 1 aromatic rings. The molecule has 65 valence electrons. The molecular formula is C8H10NO2S. The van der Waals surface area contributed by atoms with Crippen LogP contribution in [0.2, 0.25) is 0 Å². The first-order valence-corrected chi connectivity index (χ1v) is 5.02. The van der Waals surface area contributed by atoms with Crippen LogP contribution in [-0.2, 0) is 10.0 Å². The normalized spacial score (nSPS) is 14.2. The maximum Gasteiger partial charge on any atom is 0.216 e. The molecule has 0 aliphatic carbocycles. The van der Waals surface area contributed by atoms with Gasteiger partial charge < -0.3 is 0 Å². The lowest BCUT2D eigenvalue weighted by Gasteiger charge is -2.07. The molecule has 0 spiro atoms. The van der Waals surface area contributed by atoms with Gasteiger partial charge >= 0.3 is 0 Å². The minimum Gasteiger partial charge on any atom is -0.228 e. The second-order valence-electron chi connectivity index (χ2n) is 2.49. The Morgan fingerprint density at radius 1 is 1.25 bits per heavy atom. The predicted octanol–water partition coefficient (Wildman–Crippen LogP) is 0.850. The van der Waals surface area contributed by atoms with Gasteiger partial charge in [0.2, 0.25) is 10.0 Å². The molecule has 0 aromatic heterocycles. The molecule has 1 aromatic carbocycles. The molecule has 1 radical (unpaired) electrons. The third-order valence-electron chi connectivity index (χ3n) is 1.57. The van der Waals surface area contributed by atoms with E-state index in [1.165, 1.54) is 0 Å². The predicted molar refractivity (Wildman–Crippen MR) is 47.6 cm³/mol. The van der Waals surface area contributed by atoms with Gasteiger partial charge in [-0.2, -0.15) is 0 Å². The fourth-order valence-electron chi connectivity index (χ4n) is 0.857. The van der Waals surface area contributed by atoms with Crippen LogP contribution in [0.4, 0.5) is 0 Å². The molecule has 0 aliphatic rings. The number of hydrogen-bond donors (Lipinski definition) is 1. The van der Waals surface area contributed by atoms with Crippen LogP contribution in [-0.4, -0.2) is 8.42 Å². The Balaban J connectivity index is 3.02. The van der Waals surface area contributed by atoms with Gasteiger partial charge in [-0.15, -0.1) is 0 Å². The number of benzene rings is 1. The molecule has 0 bridgehead atoms. The lowest BCUT2D eigenvalue weighted by molar-refractivity contribution is 0.592. The van der Waals surface area contributed by atoms with Crippen LogP contribution in [0, 0.1) is 6.92 Å². The smallest absolute Gasteiger partial charge is 0.216 e. The van der Waals surface area contributed by atoms with Crippen LogP contribution in [0.15, 0.2) is 30.3 Å². The molecule has 0 heterocycles. The van der Waals surface area contributed by atoms with Crippen molar-refractivity contribution in [1.82, 2.24) is 0 Å². The first-order chi connectivity index (χ1) is 5.52. The Hall–Kier alpha value is -0.870. The summed E-state index contributed by atoms with van der Waals surface area (Å²) < 4.78 is 21.7. The van der Waals surface area contributed by atoms with Crippen LogP contribution in [0.25, 0.3) is 0 Å². The fraction of sp³-hybridized carbons (Fsp3) is 0.125. The maximum atomic E-state index is 10.8.